The lowest BCUT2D eigenvalue weighted by atomic mass is 9.89. The standard InChI is InChI=1S/C28H37N4O8P/c1-39-24-10-4-9-20-19(24)13-22(30-20)28(36)32-14-17-6-3-8-18(17)25(32)27(35)31-21(23(33)15-40-41(2,37)38)12-16-7-5-11-29-26(16)34/h4,9-10,13,16-18,21,25,30H,3,5-8,11-12,14-15H2,1-2H3,(H,29,34)(H,31,35)(H,37,38). The number of hydrogen-bond acceptors (Lipinski definition) is 7. The van der Waals surface area contributed by atoms with Crippen molar-refractivity contribution < 1.29 is 37.9 Å². The Morgan fingerprint density at radius 1 is 1.22 bits per heavy atom. The third kappa shape index (κ3) is 6.34. The molecule has 6 atom stereocenters. The average molecular weight is 589 g/mol. The number of nitrogens with zero attached hydrogens (tertiary/aromatic N) is 1. The Labute approximate surface area is 238 Å². The zero-order chi connectivity index (χ0) is 29.3. The Kier molecular flexibility index (Phi) is 8.54. The van der Waals surface area contributed by atoms with Crippen LogP contribution in [0.25, 0.3) is 10.9 Å². The molecule has 222 valence electrons. The molecule has 1 aliphatic carbocycles. The summed E-state index contributed by atoms with van der Waals surface area (Å²) < 4.78 is 22.0. The van der Waals surface area contributed by atoms with Crippen LogP contribution < -0.4 is 15.4 Å². The third-order valence-corrected chi connectivity index (χ3v) is 9.17. The number of H-pyrrole nitrogens is 1. The molecule has 3 amide bonds. The van der Waals surface area contributed by atoms with Gasteiger partial charge in [0.2, 0.25) is 11.8 Å². The smallest absolute Gasteiger partial charge is 0.325 e. The number of hydrogen-bond donors (Lipinski definition) is 4. The number of carbonyl (C=O) groups excluding carboxylic acids is 4. The number of rotatable bonds is 10. The van der Waals surface area contributed by atoms with Gasteiger partial charge in [-0.15, -0.1) is 0 Å². The first-order valence-corrected chi connectivity index (χ1v) is 16.1. The molecule has 0 radical (unpaired) electrons. The van der Waals surface area contributed by atoms with Gasteiger partial charge in [0.1, 0.15) is 24.1 Å². The number of nitrogens with one attached hydrogen (secondary N) is 3. The van der Waals surface area contributed by atoms with Crippen LogP contribution >= 0.6 is 7.60 Å². The van der Waals surface area contributed by atoms with Crippen LogP contribution in [0.3, 0.4) is 0 Å². The highest BCUT2D eigenvalue weighted by Gasteiger charge is 2.50. The molecule has 1 saturated carbocycles. The van der Waals surface area contributed by atoms with Crippen molar-refractivity contribution in [2.75, 3.05) is 33.5 Å². The van der Waals surface area contributed by atoms with Gasteiger partial charge < -0.3 is 34.7 Å². The lowest BCUT2D eigenvalue weighted by Crippen LogP contribution is -2.54. The summed E-state index contributed by atoms with van der Waals surface area (Å²) in [6.07, 6.45) is 3.97. The Hall–Kier alpha value is -3.21. The van der Waals surface area contributed by atoms with Crippen LogP contribution in [0.4, 0.5) is 0 Å². The maximum absolute atomic E-state index is 13.9. The molecule has 13 heteroatoms. The number of piperidine rings is 1. The lowest BCUT2D eigenvalue weighted by Gasteiger charge is -2.30. The van der Waals surface area contributed by atoms with Gasteiger partial charge in [-0.25, -0.2) is 0 Å². The second-order valence-electron chi connectivity index (χ2n) is 11.3. The number of carbonyl (C=O) groups is 4. The van der Waals surface area contributed by atoms with Crippen LogP contribution in [0, 0.1) is 17.8 Å². The van der Waals surface area contributed by atoms with Crippen LogP contribution in [-0.2, 0) is 23.5 Å². The van der Waals surface area contributed by atoms with E-state index >= 15 is 0 Å². The van der Waals surface area contributed by atoms with Crippen LogP contribution in [0.1, 0.15) is 49.0 Å². The Bertz CT molecular complexity index is 1390. The minimum Gasteiger partial charge on any atom is -0.496 e. The number of aromatic amines is 1. The van der Waals surface area contributed by atoms with Crippen molar-refractivity contribution >= 4 is 42.0 Å². The molecule has 4 N–H and O–H groups in total. The minimum atomic E-state index is -3.94. The van der Waals surface area contributed by atoms with Crippen molar-refractivity contribution in [1.29, 1.82) is 0 Å². The van der Waals surface area contributed by atoms with E-state index in [4.69, 9.17) is 9.26 Å². The molecule has 2 saturated heterocycles. The molecule has 41 heavy (non-hydrogen) atoms. The van der Waals surface area contributed by atoms with Gasteiger partial charge in [0.15, 0.2) is 5.78 Å². The van der Waals surface area contributed by atoms with E-state index in [1.54, 1.807) is 18.1 Å². The fourth-order valence-electron chi connectivity index (χ4n) is 6.58. The second kappa shape index (κ2) is 12.0. The van der Waals surface area contributed by atoms with Gasteiger partial charge in [0.25, 0.3) is 5.91 Å². The van der Waals surface area contributed by atoms with Gasteiger partial charge in [-0.3, -0.25) is 23.7 Å². The third-order valence-electron chi connectivity index (χ3n) is 8.57. The van der Waals surface area contributed by atoms with E-state index in [0.29, 0.717) is 31.0 Å². The first kappa shape index (κ1) is 29.3. The van der Waals surface area contributed by atoms with Crippen LogP contribution in [0.2, 0.25) is 0 Å². The summed E-state index contributed by atoms with van der Waals surface area (Å²) in [6, 6.07) is 5.29. The number of amides is 3. The highest BCUT2D eigenvalue weighted by Crippen LogP contribution is 2.43. The summed E-state index contributed by atoms with van der Waals surface area (Å²) >= 11 is 0. The highest BCUT2D eigenvalue weighted by atomic mass is 31.2. The Morgan fingerprint density at radius 3 is 2.76 bits per heavy atom. The maximum Gasteiger partial charge on any atom is 0.325 e. The number of aromatic nitrogens is 1. The molecule has 12 nitrogen and oxygen atoms in total. The first-order valence-electron chi connectivity index (χ1n) is 14.1. The monoisotopic (exact) mass is 588 g/mol. The van der Waals surface area contributed by atoms with Gasteiger partial charge in [0, 0.05) is 36.6 Å². The summed E-state index contributed by atoms with van der Waals surface area (Å²) in [5.74, 6) is -1.36. The van der Waals surface area contributed by atoms with Crippen molar-refractivity contribution in [2.45, 2.75) is 50.6 Å². The van der Waals surface area contributed by atoms with Crippen molar-refractivity contribution in [1.82, 2.24) is 20.5 Å². The summed E-state index contributed by atoms with van der Waals surface area (Å²) in [7, 11) is -2.38. The predicted molar refractivity (Wildman–Crippen MR) is 149 cm³/mol. The van der Waals surface area contributed by atoms with Crippen molar-refractivity contribution in [2.24, 2.45) is 17.8 Å². The van der Waals surface area contributed by atoms with E-state index in [1.165, 1.54) is 0 Å². The number of fused-ring (bicyclic) bond motifs is 2. The van der Waals surface area contributed by atoms with Crippen molar-refractivity contribution in [3.63, 3.8) is 0 Å². The number of ether oxygens (including phenoxy) is 1. The average Bonchev–Trinajstić information content (AvgIpc) is 3.66. The zero-order valence-corrected chi connectivity index (χ0v) is 24.2. The highest BCUT2D eigenvalue weighted by molar-refractivity contribution is 7.51. The number of likely N-dealkylation sites (tertiary alicyclic amines) is 1. The number of ketones is 1. The summed E-state index contributed by atoms with van der Waals surface area (Å²) in [5.41, 5.74) is 1.07. The van der Waals surface area contributed by atoms with Crippen molar-refractivity contribution in [3.8, 4) is 5.75 Å². The summed E-state index contributed by atoms with van der Waals surface area (Å²) in [6.45, 7) is 1.27. The molecular weight excluding hydrogens is 551 g/mol. The van der Waals surface area contributed by atoms with Crippen LogP contribution in [0.15, 0.2) is 24.3 Å². The van der Waals surface area contributed by atoms with Crippen molar-refractivity contribution in [3.05, 3.63) is 30.0 Å². The fourth-order valence-corrected chi connectivity index (χ4v) is 6.95. The molecule has 3 heterocycles. The SMILES string of the molecule is COc1cccc2[nH]c(C(=O)N3CC4CCCC4C3C(=O)NC(CC3CCCNC3=O)C(=O)COP(C)(=O)O)cc12. The van der Waals surface area contributed by atoms with E-state index in [2.05, 4.69) is 15.6 Å². The maximum atomic E-state index is 13.9. The topological polar surface area (TPSA) is 167 Å². The van der Waals surface area contributed by atoms with E-state index in [-0.39, 0.29) is 30.1 Å². The minimum absolute atomic E-state index is 0.0375. The van der Waals surface area contributed by atoms with E-state index in [9.17, 15) is 28.6 Å². The molecular formula is C28H37N4O8P. The molecule has 0 bridgehead atoms. The van der Waals surface area contributed by atoms with E-state index in [0.717, 1.165) is 43.3 Å². The Balaban J connectivity index is 1.39. The van der Waals surface area contributed by atoms with Crippen LogP contribution in [0.5, 0.6) is 5.75 Å². The molecule has 6 unspecified atom stereocenters. The second-order valence-corrected chi connectivity index (χ2v) is 13.2. The van der Waals surface area contributed by atoms with Gasteiger partial charge in [-0.05, 0) is 62.1 Å². The molecule has 3 aliphatic rings. The number of methoxy groups -OCH3 is 1. The number of benzene rings is 1. The molecule has 1 aromatic heterocycles. The molecule has 5 rings (SSSR count). The molecule has 2 aromatic rings. The molecule has 2 aliphatic heterocycles. The van der Waals surface area contributed by atoms with Gasteiger partial charge in [0.05, 0.1) is 13.2 Å². The molecule has 0 spiro atoms. The van der Waals surface area contributed by atoms with Gasteiger partial charge in [-0.2, -0.15) is 0 Å². The van der Waals surface area contributed by atoms with Gasteiger partial charge >= 0.3 is 7.60 Å². The molecule has 3 fully saturated rings. The Morgan fingerprint density at radius 2 is 2.02 bits per heavy atom. The number of Topliss-reactive ketones (excluding diaryl/α,β-unsaturated/α-hetero) is 1. The quantitative estimate of drug-likeness (QED) is 0.307. The predicted octanol–water partition coefficient (Wildman–Crippen LogP) is 2.22. The zero-order valence-electron chi connectivity index (χ0n) is 23.3. The largest absolute Gasteiger partial charge is 0.496 e. The normalized spacial score (nSPS) is 26.2. The van der Waals surface area contributed by atoms with Crippen LogP contribution in [-0.4, -0.2) is 83.8 Å². The first-order chi connectivity index (χ1) is 19.6. The van der Waals surface area contributed by atoms with E-state index < -0.39 is 43.9 Å². The molecule has 1 aromatic carbocycles. The summed E-state index contributed by atoms with van der Waals surface area (Å²) in [4.78, 5) is 67.6. The lowest BCUT2D eigenvalue weighted by molar-refractivity contribution is -0.133. The van der Waals surface area contributed by atoms with Gasteiger partial charge in [-0.1, -0.05) is 12.5 Å². The fraction of sp³-hybridized carbons (Fsp3) is 0.571. The van der Waals surface area contributed by atoms with E-state index in [1.807, 2.05) is 18.2 Å². The summed E-state index contributed by atoms with van der Waals surface area (Å²) in [5, 5.41) is 6.36.